The fraction of sp³-hybridized carbons (Fsp3) is 0.452. The Morgan fingerprint density at radius 1 is 1.10 bits per heavy atom. The molecular weight excluding hydrogens is 496 g/mol. The summed E-state index contributed by atoms with van der Waals surface area (Å²) < 4.78 is 22.8. The topological polar surface area (TPSA) is 91.1 Å². The maximum atomic E-state index is 12.8. The summed E-state index contributed by atoms with van der Waals surface area (Å²) in [6.07, 6.45) is 0.762. The van der Waals surface area contributed by atoms with Crippen molar-refractivity contribution >= 4 is 12.1 Å². The number of likely N-dealkylation sites (tertiary alicyclic amines) is 1. The second-order valence-electron chi connectivity index (χ2n) is 10.2. The minimum absolute atomic E-state index is 0.223. The van der Waals surface area contributed by atoms with Gasteiger partial charge in [0.2, 0.25) is 5.89 Å². The molecular formula is C31H38N2O6. The summed E-state index contributed by atoms with van der Waals surface area (Å²) in [4.78, 5) is 31.9. The molecule has 2 atom stereocenters. The Morgan fingerprint density at radius 3 is 2.64 bits per heavy atom. The van der Waals surface area contributed by atoms with Gasteiger partial charge in [-0.05, 0) is 56.0 Å². The lowest BCUT2D eigenvalue weighted by atomic mass is 9.80. The highest BCUT2D eigenvalue weighted by molar-refractivity contribution is 5.75. The molecule has 1 aliphatic rings. The first kappa shape index (κ1) is 28.2. The van der Waals surface area contributed by atoms with Crippen molar-refractivity contribution in [1.82, 2.24) is 9.88 Å². The van der Waals surface area contributed by atoms with Gasteiger partial charge in [0.15, 0.2) is 0 Å². The number of carbonyl (C=O) groups is 2. The number of hydrogen-bond acceptors (Lipinski definition) is 7. The summed E-state index contributed by atoms with van der Waals surface area (Å²) >= 11 is 0. The van der Waals surface area contributed by atoms with Crippen molar-refractivity contribution in [3.63, 3.8) is 0 Å². The van der Waals surface area contributed by atoms with Gasteiger partial charge in [0.05, 0.1) is 31.4 Å². The number of oxazole rings is 1. The molecule has 4 rings (SSSR count). The van der Waals surface area contributed by atoms with Crippen LogP contribution in [0.3, 0.4) is 0 Å². The molecule has 2 heterocycles. The van der Waals surface area contributed by atoms with Crippen molar-refractivity contribution in [3.8, 4) is 17.2 Å². The van der Waals surface area contributed by atoms with Crippen molar-refractivity contribution in [1.29, 1.82) is 0 Å². The molecule has 1 aliphatic heterocycles. The summed E-state index contributed by atoms with van der Waals surface area (Å²) in [6.45, 7) is 9.65. The quantitative estimate of drug-likeness (QED) is 0.293. The summed E-state index contributed by atoms with van der Waals surface area (Å²) in [5.74, 6) is 1.52. The SMILES string of the molecule is CCOC(=O)C1CCN(C(=O)OCC(C)C)CC1c1cccc(OCCc2nc(-c3ccccc3)oc2C)c1. The van der Waals surface area contributed by atoms with Gasteiger partial charge in [-0.2, -0.15) is 0 Å². The van der Waals surface area contributed by atoms with Crippen LogP contribution in [0.2, 0.25) is 0 Å². The normalized spacial score (nSPS) is 17.2. The Hall–Kier alpha value is -3.81. The summed E-state index contributed by atoms with van der Waals surface area (Å²) in [6, 6.07) is 17.5. The van der Waals surface area contributed by atoms with Gasteiger partial charge in [-0.3, -0.25) is 4.79 Å². The van der Waals surface area contributed by atoms with Gasteiger partial charge in [0, 0.05) is 31.0 Å². The highest BCUT2D eigenvalue weighted by Gasteiger charge is 2.38. The number of hydrogen-bond donors (Lipinski definition) is 0. The van der Waals surface area contributed by atoms with Crippen molar-refractivity contribution < 1.29 is 28.2 Å². The van der Waals surface area contributed by atoms with Crippen LogP contribution in [-0.4, -0.2) is 54.9 Å². The van der Waals surface area contributed by atoms with Gasteiger partial charge < -0.3 is 23.5 Å². The van der Waals surface area contributed by atoms with Crippen molar-refractivity contribution in [2.45, 2.75) is 46.5 Å². The molecule has 1 fully saturated rings. The number of aryl methyl sites for hydroxylation is 1. The van der Waals surface area contributed by atoms with Crippen LogP contribution in [0.5, 0.6) is 5.75 Å². The van der Waals surface area contributed by atoms with E-state index in [1.807, 2.05) is 75.4 Å². The number of rotatable bonds is 10. The standard InChI is InChI=1S/C31H38N2O6/c1-5-36-30(34)26-14-16-33(31(35)38-20-21(2)3)19-27(26)24-12-9-13-25(18-24)37-17-15-28-22(4)39-29(32-28)23-10-7-6-8-11-23/h6-13,18,21,26-27H,5,14-17,19-20H2,1-4H3. The van der Waals surface area contributed by atoms with E-state index < -0.39 is 0 Å². The van der Waals surface area contributed by atoms with Gasteiger partial charge in [-0.15, -0.1) is 0 Å². The van der Waals surface area contributed by atoms with Gasteiger partial charge in [0.25, 0.3) is 0 Å². The smallest absolute Gasteiger partial charge is 0.409 e. The van der Waals surface area contributed by atoms with E-state index in [0.717, 1.165) is 22.6 Å². The summed E-state index contributed by atoms with van der Waals surface area (Å²) in [5, 5.41) is 0. The van der Waals surface area contributed by atoms with E-state index in [2.05, 4.69) is 4.98 Å². The Balaban J connectivity index is 1.43. The highest BCUT2D eigenvalue weighted by Crippen LogP contribution is 2.35. The van der Waals surface area contributed by atoms with Crippen LogP contribution in [0, 0.1) is 18.8 Å². The van der Waals surface area contributed by atoms with Gasteiger partial charge in [-0.25, -0.2) is 9.78 Å². The first-order valence-corrected chi connectivity index (χ1v) is 13.7. The number of benzene rings is 2. The molecule has 0 saturated carbocycles. The largest absolute Gasteiger partial charge is 0.493 e. The molecule has 0 radical (unpaired) electrons. The molecule has 1 saturated heterocycles. The lowest BCUT2D eigenvalue weighted by Crippen LogP contribution is -2.45. The number of ether oxygens (including phenoxy) is 3. The molecule has 8 nitrogen and oxygen atoms in total. The van der Waals surface area contributed by atoms with Crippen LogP contribution in [0.15, 0.2) is 59.0 Å². The summed E-state index contributed by atoms with van der Waals surface area (Å²) in [7, 11) is 0. The fourth-order valence-corrected chi connectivity index (χ4v) is 4.78. The number of aromatic nitrogens is 1. The average molecular weight is 535 g/mol. The molecule has 2 aromatic carbocycles. The number of esters is 1. The zero-order chi connectivity index (χ0) is 27.8. The monoisotopic (exact) mass is 534 g/mol. The minimum Gasteiger partial charge on any atom is -0.493 e. The van der Waals surface area contributed by atoms with Gasteiger partial charge in [-0.1, -0.05) is 44.2 Å². The maximum Gasteiger partial charge on any atom is 0.409 e. The van der Waals surface area contributed by atoms with Crippen LogP contribution >= 0.6 is 0 Å². The Labute approximate surface area is 230 Å². The first-order chi connectivity index (χ1) is 18.9. The Bertz CT molecular complexity index is 1240. The van der Waals surface area contributed by atoms with Gasteiger partial charge in [0.1, 0.15) is 11.5 Å². The first-order valence-electron chi connectivity index (χ1n) is 13.7. The third-order valence-corrected chi connectivity index (χ3v) is 6.81. The van der Waals surface area contributed by atoms with Crippen molar-refractivity contribution in [2.75, 3.05) is 32.9 Å². The molecule has 39 heavy (non-hydrogen) atoms. The average Bonchev–Trinajstić information content (AvgIpc) is 3.32. The molecule has 3 aromatic rings. The third-order valence-electron chi connectivity index (χ3n) is 6.81. The van der Waals surface area contributed by atoms with Crippen LogP contribution in [0.25, 0.3) is 11.5 Å². The molecule has 0 N–H and O–H groups in total. The van der Waals surface area contributed by atoms with E-state index in [-0.39, 0.29) is 29.8 Å². The zero-order valence-electron chi connectivity index (χ0n) is 23.2. The second kappa shape index (κ2) is 13.3. The fourth-order valence-electron chi connectivity index (χ4n) is 4.78. The van der Waals surface area contributed by atoms with Crippen LogP contribution in [0.4, 0.5) is 4.79 Å². The van der Waals surface area contributed by atoms with E-state index in [1.54, 1.807) is 11.8 Å². The predicted molar refractivity (Wildman–Crippen MR) is 148 cm³/mol. The highest BCUT2D eigenvalue weighted by atomic mass is 16.6. The number of piperidine rings is 1. The zero-order valence-corrected chi connectivity index (χ0v) is 23.2. The molecule has 1 amide bonds. The minimum atomic E-state index is -0.346. The van der Waals surface area contributed by atoms with E-state index in [4.69, 9.17) is 18.6 Å². The molecule has 2 unspecified atom stereocenters. The molecule has 8 heteroatoms. The van der Waals surface area contributed by atoms with Crippen LogP contribution in [0.1, 0.15) is 50.1 Å². The second-order valence-corrected chi connectivity index (χ2v) is 10.2. The maximum absolute atomic E-state index is 12.8. The lowest BCUT2D eigenvalue weighted by Gasteiger charge is -2.37. The molecule has 1 aromatic heterocycles. The lowest BCUT2D eigenvalue weighted by molar-refractivity contribution is -0.150. The number of nitrogens with zero attached hydrogens (tertiary/aromatic N) is 2. The Morgan fingerprint density at radius 2 is 1.90 bits per heavy atom. The Kier molecular flexibility index (Phi) is 9.63. The molecule has 0 spiro atoms. The van der Waals surface area contributed by atoms with E-state index in [9.17, 15) is 9.59 Å². The van der Waals surface area contributed by atoms with E-state index >= 15 is 0 Å². The molecule has 208 valence electrons. The van der Waals surface area contributed by atoms with Gasteiger partial charge >= 0.3 is 12.1 Å². The third kappa shape index (κ3) is 7.40. The van der Waals surface area contributed by atoms with Crippen LogP contribution < -0.4 is 4.74 Å². The van der Waals surface area contributed by atoms with E-state index in [1.165, 1.54) is 0 Å². The van der Waals surface area contributed by atoms with E-state index in [0.29, 0.717) is 57.4 Å². The number of amides is 1. The number of carbonyl (C=O) groups excluding carboxylic acids is 2. The molecule has 0 aliphatic carbocycles. The van der Waals surface area contributed by atoms with Crippen molar-refractivity contribution in [3.05, 3.63) is 71.6 Å². The summed E-state index contributed by atoms with van der Waals surface area (Å²) in [5.41, 5.74) is 2.72. The van der Waals surface area contributed by atoms with Crippen molar-refractivity contribution in [2.24, 2.45) is 11.8 Å². The predicted octanol–water partition coefficient (Wildman–Crippen LogP) is 6.03. The van der Waals surface area contributed by atoms with Crippen LogP contribution in [-0.2, 0) is 20.7 Å². The molecule has 0 bridgehead atoms.